The molecule has 1 aromatic heterocycles. The molecule has 1 aliphatic rings. The molecular formula is C29H34N4O3. The summed E-state index contributed by atoms with van der Waals surface area (Å²) < 4.78 is 5.25. The van der Waals surface area contributed by atoms with Crippen molar-refractivity contribution < 1.29 is 14.3 Å². The summed E-state index contributed by atoms with van der Waals surface area (Å²) in [6.07, 6.45) is 3.39. The SMILES string of the molecule is COc1ccc(C2CCN(C(=O)c3ccc(C)c(NC(=O)c4ccc(NC(C)C)nc4)c3)CC2)cc1. The van der Waals surface area contributed by atoms with E-state index in [9.17, 15) is 9.59 Å². The fraction of sp³-hybridized carbons (Fsp3) is 0.345. The highest BCUT2D eigenvalue weighted by atomic mass is 16.5. The van der Waals surface area contributed by atoms with Crippen LogP contribution in [0, 0.1) is 6.92 Å². The molecule has 0 saturated carbocycles. The summed E-state index contributed by atoms with van der Waals surface area (Å²) in [4.78, 5) is 32.3. The minimum absolute atomic E-state index is 0.00976. The largest absolute Gasteiger partial charge is 0.497 e. The van der Waals surface area contributed by atoms with Crippen LogP contribution in [0.25, 0.3) is 0 Å². The molecule has 7 nitrogen and oxygen atoms in total. The van der Waals surface area contributed by atoms with Crippen LogP contribution in [-0.4, -0.2) is 47.9 Å². The van der Waals surface area contributed by atoms with Gasteiger partial charge in [-0.3, -0.25) is 9.59 Å². The van der Waals surface area contributed by atoms with E-state index in [-0.39, 0.29) is 17.9 Å². The highest BCUT2D eigenvalue weighted by Gasteiger charge is 2.25. The fourth-order valence-electron chi connectivity index (χ4n) is 4.47. The first kappa shape index (κ1) is 25.2. The molecule has 0 bridgehead atoms. The third-order valence-corrected chi connectivity index (χ3v) is 6.56. The summed E-state index contributed by atoms with van der Waals surface area (Å²) in [6, 6.07) is 17.5. The van der Waals surface area contributed by atoms with E-state index in [4.69, 9.17) is 4.74 Å². The first-order valence-corrected chi connectivity index (χ1v) is 12.4. The summed E-state index contributed by atoms with van der Waals surface area (Å²) in [5.41, 5.74) is 3.84. The average Bonchev–Trinajstić information content (AvgIpc) is 2.89. The van der Waals surface area contributed by atoms with Crippen LogP contribution < -0.4 is 15.4 Å². The van der Waals surface area contributed by atoms with E-state index in [2.05, 4.69) is 27.8 Å². The molecular weight excluding hydrogens is 452 g/mol. The molecule has 2 aromatic carbocycles. The number of hydrogen-bond acceptors (Lipinski definition) is 5. The Labute approximate surface area is 212 Å². The van der Waals surface area contributed by atoms with Crippen molar-refractivity contribution >= 4 is 23.3 Å². The third-order valence-electron chi connectivity index (χ3n) is 6.56. The summed E-state index contributed by atoms with van der Waals surface area (Å²) in [7, 11) is 1.67. The van der Waals surface area contributed by atoms with Gasteiger partial charge < -0.3 is 20.3 Å². The zero-order chi connectivity index (χ0) is 25.7. The molecule has 7 heteroatoms. The van der Waals surface area contributed by atoms with Crippen LogP contribution >= 0.6 is 0 Å². The van der Waals surface area contributed by atoms with Crippen molar-refractivity contribution in [3.63, 3.8) is 0 Å². The Morgan fingerprint density at radius 1 is 1.00 bits per heavy atom. The van der Waals surface area contributed by atoms with Crippen LogP contribution in [-0.2, 0) is 0 Å². The Balaban J connectivity index is 1.39. The molecule has 2 N–H and O–H groups in total. The molecule has 0 aliphatic carbocycles. The number of ether oxygens (including phenoxy) is 1. The monoisotopic (exact) mass is 486 g/mol. The van der Waals surface area contributed by atoms with Gasteiger partial charge in [0.05, 0.1) is 12.7 Å². The van der Waals surface area contributed by atoms with Crippen LogP contribution in [0.15, 0.2) is 60.8 Å². The lowest BCUT2D eigenvalue weighted by Gasteiger charge is -2.32. The Bertz CT molecular complexity index is 1200. The summed E-state index contributed by atoms with van der Waals surface area (Å²) >= 11 is 0. The van der Waals surface area contributed by atoms with Crippen molar-refractivity contribution in [1.29, 1.82) is 0 Å². The van der Waals surface area contributed by atoms with Gasteiger partial charge in [0.15, 0.2) is 0 Å². The number of methoxy groups -OCH3 is 1. The summed E-state index contributed by atoms with van der Waals surface area (Å²) in [6.45, 7) is 7.38. The molecule has 0 unspecified atom stereocenters. The second-order valence-electron chi connectivity index (χ2n) is 9.55. The van der Waals surface area contributed by atoms with E-state index in [1.807, 2.05) is 49.9 Å². The molecule has 36 heavy (non-hydrogen) atoms. The van der Waals surface area contributed by atoms with Gasteiger partial charge in [0.25, 0.3) is 11.8 Å². The van der Waals surface area contributed by atoms with Gasteiger partial charge in [-0.2, -0.15) is 0 Å². The zero-order valence-electron chi connectivity index (χ0n) is 21.4. The smallest absolute Gasteiger partial charge is 0.257 e. The minimum atomic E-state index is -0.258. The molecule has 3 aromatic rings. The van der Waals surface area contributed by atoms with Gasteiger partial charge in [-0.1, -0.05) is 18.2 Å². The number of carbonyl (C=O) groups excluding carboxylic acids is 2. The highest BCUT2D eigenvalue weighted by Crippen LogP contribution is 2.30. The van der Waals surface area contributed by atoms with Crippen molar-refractivity contribution in [2.75, 3.05) is 30.8 Å². The lowest BCUT2D eigenvalue weighted by atomic mass is 9.89. The number of pyridine rings is 1. The molecule has 4 rings (SSSR count). The number of piperidine rings is 1. The Morgan fingerprint density at radius 3 is 2.31 bits per heavy atom. The average molecular weight is 487 g/mol. The number of anilines is 2. The van der Waals surface area contributed by atoms with Crippen molar-refractivity contribution in [2.24, 2.45) is 0 Å². The van der Waals surface area contributed by atoms with Crippen LogP contribution in [0.5, 0.6) is 5.75 Å². The van der Waals surface area contributed by atoms with E-state index in [0.717, 1.165) is 30.0 Å². The summed E-state index contributed by atoms with van der Waals surface area (Å²) in [5, 5.41) is 6.15. The quantitative estimate of drug-likeness (QED) is 0.461. The topological polar surface area (TPSA) is 83.6 Å². The maximum absolute atomic E-state index is 13.3. The number of carbonyl (C=O) groups is 2. The van der Waals surface area contributed by atoms with Gasteiger partial charge in [-0.25, -0.2) is 4.98 Å². The second kappa shape index (κ2) is 11.2. The van der Waals surface area contributed by atoms with Gasteiger partial charge in [0, 0.05) is 36.6 Å². The molecule has 1 aliphatic heterocycles. The first-order valence-electron chi connectivity index (χ1n) is 12.4. The van der Waals surface area contributed by atoms with Gasteiger partial charge in [-0.15, -0.1) is 0 Å². The van der Waals surface area contributed by atoms with Gasteiger partial charge in [0.1, 0.15) is 11.6 Å². The number of aryl methyl sites for hydroxylation is 1. The van der Waals surface area contributed by atoms with Gasteiger partial charge in [0.2, 0.25) is 0 Å². The number of likely N-dealkylation sites (tertiary alicyclic amines) is 1. The van der Waals surface area contributed by atoms with Crippen LogP contribution in [0.4, 0.5) is 11.5 Å². The number of nitrogens with zero attached hydrogens (tertiary/aromatic N) is 2. The maximum Gasteiger partial charge on any atom is 0.257 e. The second-order valence-corrected chi connectivity index (χ2v) is 9.55. The predicted molar refractivity (Wildman–Crippen MR) is 143 cm³/mol. The molecule has 2 amide bonds. The van der Waals surface area contributed by atoms with E-state index in [1.54, 1.807) is 31.5 Å². The minimum Gasteiger partial charge on any atom is -0.497 e. The molecule has 0 radical (unpaired) electrons. The number of nitrogens with one attached hydrogen (secondary N) is 2. The Kier molecular flexibility index (Phi) is 7.88. The van der Waals surface area contributed by atoms with Crippen LogP contribution in [0.1, 0.15) is 64.4 Å². The van der Waals surface area contributed by atoms with Crippen LogP contribution in [0.3, 0.4) is 0 Å². The Hall–Kier alpha value is -3.87. The van der Waals surface area contributed by atoms with Crippen molar-refractivity contribution in [3.05, 3.63) is 83.0 Å². The van der Waals surface area contributed by atoms with Gasteiger partial charge in [-0.05, 0) is 87.1 Å². The number of rotatable bonds is 7. The highest BCUT2D eigenvalue weighted by molar-refractivity contribution is 6.05. The molecule has 2 heterocycles. The summed E-state index contributed by atoms with van der Waals surface area (Å²) in [5.74, 6) is 1.74. The maximum atomic E-state index is 13.3. The standard InChI is InChI=1S/C29H34N4O3/c1-19(2)31-27-12-9-24(18-30-27)28(34)32-26-17-23(6-5-20(26)3)29(35)33-15-13-22(14-16-33)21-7-10-25(36-4)11-8-21/h5-12,17-19,22H,13-16H2,1-4H3,(H,30,31)(H,32,34). The fourth-order valence-corrected chi connectivity index (χ4v) is 4.47. The number of benzene rings is 2. The molecule has 1 fully saturated rings. The molecule has 0 atom stereocenters. The van der Waals surface area contributed by atoms with Crippen molar-refractivity contribution in [1.82, 2.24) is 9.88 Å². The first-order chi connectivity index (χ1) is 17.3. The van der Waals surface area contributed by atoms with E-state index < -0.39 is 0 Å². The van der Waals surface area contributed by atoms with E-state index in [0.29, 0.717) is 35.8 Å². The van der Waals surface area contributed by atoms with E-state index >= 15 is 0 Å². The van der Waals surface area contributed by atoms with Gasteiger partial charge >= 0.3 is 0 Å². The third kappa shape index (κ3) is 6.03. The lowest BCUT2D eigenvalue weighted by Crippen LogP contribution is -2.38. The molecule has 1 saturated heterocycles. The number of hydrogen-bond donors (Lipinski definition) is 2. The lowest BCUT2D eigenvalue weighted by molar-refractivity contribution is 0.0712. The van der Waals surface area contributed by atoms with Crippen molar-refractivity contribution in [3.8, 4) is 5.75 Å². The van der Waals surface area contributed by atoms with Crippen molar-refractivity contribution in [2.45, 2.75) is 45.6 Å². The van der Waals surface area contributed by atoms with Crippen LogP contribution in [0.2, 0.25) is 0 Å². The molecule has 0 spiro atoms. The Morgan fingerprint density at radius 2 is 1.69 bits per heavy atom. The normalized spacial score (nSPS) is 14.0. The predicted octanol–water partition coefficient (Wildman–Crippen LogP) is 5.49. The number of amides is 2. The van der Waals surface area contributed by atoms with E-state index in [1.165, 1.54) is 5.56 Å². The molecule has 188 valence electrons. The number of aromatic nitrogens is 1. The zero-order valence-corrected chi connectivity index (χ0v) is 21.4.